The summed E-state index contributed by atoms with van der Waals surface area (Å²) in [4.78, 5) is 4.37. The number of methoxy groups -OCH3 is 2. The van der Waals surface area contributed by atoms with Crippen molar-refractivity contribution >= 4 is 17.3 Å². The minimum absolute atomic E-state index is 0.521. The highest BCUT2D eigenvalue weighted by Gasteiger charge is 2.10. The molecular weight excluding hydrogens is 290 g/mol. The second-order valence-corrected chi connectivity index (χ2v) is 4.98. The monoisotopic (exact) mass is 309 g/mol. The maximum absolute atomic E-state index is 6.10. The molecule has 0 bridgehead atoms. The van der Waals surface area contributed by atoms with Crippen LogP contribution in [0.15, 0.2) is 24.5 Å². The normalized spacial score (nSPS) is 10.5. The molecule has 0 saturated heterocycles. The zero-order chi connectivity index (χ0) is 15.2. The number of halogens is 1. The fourth-order valence-corrected chi connectivity index (χ4v) is 2.36. The molecule has 114 valence electrons. The van der Waals surface area contributed by atoms with E-state index in [1.807, 2.05) is 18.5 Å². The first-order chi connectivity index (χ1) is 10.2. The van der Waals surface area contributed by atoms with Crippen molar-refractivity contribution in [3.63, 3.8) is 0 Å². The molecule has 0 aliphatic heterocycles. The number of aryl methyl sites for hydroxylation is 1. The van der Waals surface area contributed by atoms with Crippen LogP contribution >= 0.6 is 11.6 Å². The van der Waals surface area contributed by atoms with Gasteiger partial charge in [-0.2, -0.15) is 0 Å². The Morgan fingerprint density at radius 1 is 1.24 bits per heavy atom. The third kappa shape index (κ3) is 3.61. The fraction of sp³-hybridized carbons (Fsp3) is 0.400. The van der Waals surface area contributed by atoms with E-state index in [4.69, 9.17) is 21.1 Å². The lowest BCUT2D eigenvalue weighted by molar-refractivity contribution is 0.404. The van der Waals surface area contributed by atoms with Crippen molar-refractivity contribution in [2.45, 2.75) is 26.4 Å². The van der Waals surface area contributed by atoms with Gasteiger partial charge in [-0.1, -0.05) is 18.5 Å². The Balaban J connectivity index is 2.17. The summed E-state index contributed by atoms with van der Waals surface area (Å²) in [6.45, 7) is 3.70. The number of rotatable bonds is 7. The van der Waals surface area contributed by atoms with Crippen LogP contribution < -0.4 is 14.8 Å². The molecule has 21 heavy (non-hydrogen) atoms. The van der Waals surface area contributed by atoms with Gasteiger partial charge < -0.3 is 19.4 Å². The van der Waals surface area contributed by atoms with Gasteiger partial charge in [0.25, 0.3) is 0 Å². The number of aromatic nitrogens is 2. The minimum Gasteiger partial charge on any atom is -0.495 e. The zero-order valence-corrected chi connectivity index (χ0v) is 13.3. The Bertz CT molecular complexity index is 599. The lowest BCUT2D eigenvalue weighted by Gasteiger charge is -2.14. The van der Waals surface area contributed by atoms with Crippen molar-refractivity contribution < 1.29 is 9.47 Å². The van der Waals surface area contributed by atoms with Crippen LogP contribution in [0.1, 0.15) is 19.2 Å². The van der Waals surface area contributed by atoms with Gasteiger partial charge in [-0.25, -0.2) is 4.98 Å². The molecule has 0 spiro atoms. The molecule has 1 heterocycles. The molecule has 1 N–H and O–H groups in total. The number of nitrogens with zero attached hydrogens (tertiary/aromatic N) is 2. The Morgan fingerprint density at radius 2 is 2.00 bits per heavy atom. The number of ether oxygens (including phenoxy) is 2. The highest BCUT2D eigenvalue weighted by molar-refractivity contribution is 6.32. The summed E-state index contributed by atoms with van der Waals surface area (Å²) in [7, 11) is 3.20. The highest BCUT2D eigenvalue weighted by Crippen LogP contribution is 2.35. The van der Waals surface area contributed by atoms with E-state index in [1.54, 1.807) is 20.3 Å². The summed E-state index contributed by atoms with van der Waals surface area (Å²) in [5.41, 5.74) is 0.824. The van der Waals surface area contributed by atoms with Gasteiger partial charge in [0.15, 0.2) is 0 Å². The average molecular weight is 310 g/mol. The predicted octanol–water partition coefficient (Wildman–Crippen LogP) is 3.58. The summed E-state index contributed by atoms with van der Waals surface area (Å²) < 4.78 is 12.7. The van der Waals surface area contributed by atoms with Crippen LogP contribution in [0.5, 0.6) is 11.5 Å². The number of nitrogens with one attached hydrogen (secondary N) is 1. The van der Waals surface area contributed by atoms with Gasteiger partial charge in [0, 0.05) is 31.1 Å². The van der Waals surface area contributed by atoms with E-state index in [0.717, 1.165) is 24.5 Å². The van der Waals surface area contributed by atoms with E-state index >= 15 is 0 Å². The third-order valence-electron chi connectivity index (χ3n) is 3.18. The second-order valence-electron chi connectivity index (χ2n) is 4.58. The smallest absolute Gasteiger partial charge is 0.143 e. The summed E-state index contributed by atoms with van der Waals surface area (Å²) in [5.74, 6) is 2.26. The number of anilines is 1. The lowest BCUT2D eigenvalue weighted by atomic mass is 10.2. The van der Waals surface area contributed by atoms with E-state index in [1.165, 1.54) is 0 Å². The number of hydrogen-bond donors (Lipinski definition) is 1. The molecule has 1 aromatic carbocycles. The van der Waals surface area contributed by atoms with E-state index < -0.39 is 0 Å². The molecule has 0 aliphatic carbocycles. The van der Waals surface area contributed by atoms with Crippen molar-refractivity contribution in [1.29, 1.82) is 0 Å². The Kier molecular flexibility index (Phi) is 5.33. The van der Waals surface area contributed by atoms with Crippen LogP contribution in [0, 0.1) is 0 Å². The van der Waals surface area contributed by atoms with Gasteiger partial charge >= 0.3 is 0 Å². The Labute approximate surface area is 129 Å². The van der Waals surface area contributed by atoms with Gasteiger partial charge in [0.05, 0.1) is 31.5 Å². The molecular formula is C15H20ClN3O2. The molecule has 0 saturated carbocycles. The predicted molar refractivity (Wildman–Crippen MR) is 84.4 cm³/mol. The molecule has 0 aliphatic rings. The Morgan fingerprint density at radius 3 is 2.67 bits per heavy atom. The van der Waals surface area contributed by atoms with Crippen LogP contribution in [-0.2, 0) is 13.1 Å². The van der Waals surface area contributed by atoms with Crippen molar-refractivity contribution in [2.75, 3.05) is 19.5 Å². The van der Waals surface area contributed by atoms with Gasteiger partial charge in [0.1, 0.15) is 17.3 Å². The molecule has 2 rings (SSSR count). The van der Waals surface area contributed by atoms with Crippen LogP contribution in [-0.4, -0.2) is 23.8 Å². The van der Waals surface area contributed by atoms with Crippen molar-refractivity contribution in [3.05, 3.63) is 35.4 Å². The van der Waals surface area contributed by atoms with Crippen molar-refractivity contribution in [1.82, 2.24) is 9.55 Å². The molecule has 0 atom stereocenters. The molecule has 5 nitrogen and oxygen atoms in total. The largest absolute Gasteiger partial charge is 0.495 e. The molecule has 0 fully saturated rings. The first kappa shape index (κ1) is 15.5. The van der Waals surface area contributed by atoms with Crippen LogP contribution in [0.2, 0.25) is 5.02 Å². The SMILES string of the molecule is CCCn1ccnc1CNc1cc(OC)c(Cl)cc1OC. The van der Waals surface area contributed by atoms with E-state index in [2.05, 4.69) is 21.8 Å². The molecule has 0 unspecified atom stereocenters. The van der Waals surface area contributed by atoms with Gasteiger partial charge in [-0.15, -0.1) is 0 Å². The van der Waals surface area contributed by atoms with Crippen molar-refractivity contribution in [3.8, 4) is 11.5 Å². The van der Waals surface area contributed by atoms with E-state index in [-0.39, 0.29) is 0 Å². The molecule has 0 amide bonds. The average Bonchev–Trinajstić information content (AvgIpc) is 2.93. The topological polar surface area (TPSA) is 48.3 Å². The van der Waals surface area contributed by atoms with Gasteiger partial charge in [-0.05, 0) is 6.42 Å². The Hall–Kier alpha value is -1.88. The molecule has 6 heteroatoms. The van der Waals surface area contributed by atoms with E-state index in [9.17, 15) is 0 Å². The van der Waals surface area contributed by atoms with Gasteiger partial charge in [0.2, 0.25) is 0 Å². The summed E-state index contributed by atoms with van der Waals surface area (Å²) in [6, 6.07) is 3.56. The zero-order valence-electron chi connectivity index (χ0n) is 12.5. The van der Waals surface area contributed by atoms with Crippen LogP contribution in [0.25, 0.3) is 0 Å². The summed E-state index contributed by atoms with van der Waals surface area (Å²) in [6.07, 6.45) is 4.87. The van der Waals surface area contributed by atoms with E-state index in [0.29, 0.717) is 23.1 Å². The molecule has 2 aromatic rings. The number of benzene rings is 1. The standard InChI is InChI=1S/C15H20ClN3O2/c1-4-6-19-7-5-17-15(19)10-18-12-9-13(20-2)11(16)8-14(12)21-3/h5,7-9,18H,4,6,10H2,1-3H3. The summed E-state index contributed by atoms with van der Waals surface area (Å²) >= 11 is 6.10. The highest BCUT2D eigenvalue weighted by atomic mass is 35.5. The maximum Gasteiger partial charge on any atom is 0.143 e. The van der Waals surface area contributed by atoms with Crippen LogP contribution in [0.3, 0.4) is 0 Å². The third-order valence-corrected chi connectivity index (χ3v) is 3.47. The maximum atomic E-state index is 6.10. The van der Waals surface area contributed by atoms with Crippen LogP contribution in [0.4, 0.5) is 5.69 Å². The van der Waals surface area contributed by atoms with Gasteiger partial charge in [-0.3, -0.25) is 0 Å². The molecule has 1 aromatic heterocycles. The number of hydrogen-bond acceptors (Lipinski definition) is 4. The quantitative estimate of drug-likeness (QED) is 0.849. The number of imidazole rings is 1. The first-order valence-corrected chi connectivity index (χ1v) is 7.22. The minimum atomic E-state index is 0.521. The molecule has 0 radical (unpaired) electrons. The lowest BCUT2D eigenvalue weighted by Crippen LogP contribution is -2.09. The first-order valence-electron chi connectivity index (χ1n) is 6.85. The second kappa shape index (κ2) is 7.22. The van der Waals surface area contributed by atoms with Crippen molar-refractivity contribution in [2.24, 2.45) is 0 Å². The summed E-state index contributed by atoms with van der Waals surface area (Å²) in [5, 5.41) is 3.84. The fourth-order valence-electron chi connectivity index (χ4n) is 2.12.